The zero-order valence-electron chi connectivity index (χ0n) is 12.0. The molecule has 0 spiro atoms. The van der Waals surface area contributed by atoms with Crippen molar-refractivity contribution < 1.29 is 9.53 Å². The van der Waals surface area contributed by atoms with Crippen LogP contribution in [-0.4, -0.2) is 24.6 Å². The van der Waals surface area contributed by atoms with Crippen molar-refractivity contribution in [1.82, 2.24) is 5.32 Å². The molecule has 1 aromatic rings. The average molecular weight is 264 g/mol. The van der Waals surface area contributed by atoms with Crippen LogP contribution in [0.15, 0.2) is 24.3 Å². The second-order valence-corrected chi connectivity index (χ2v) is 4.89. The van der Waals surface area contributed by atoms with Crippen LogP contribution in [-0.2, 0) is 0 Å². The Morgan fingerprint density at radius 1 is 1.42 bits per heavy atom. The lowest BCUT2D eigenvalue weighted by molar-refractivity contribution is 0.0935. The van der Waals surface area contributed by atoms with Gasteiger partial charge in [-0.1, -0.05) is 19.4 Å². The highest BCUT2D eigenvalue weighted by Crippen LogP contribution is 2.15. The molecule has 0 aliphatic rings. The van der Waals surface area contributed by atoms with Crippen LogP contribution in [0.25, 0.3) is 0 Å². The minimum absolute atomic E-state index is 0.0344. The Morgan fingerprint density at radius 2 is 2.16 bits per heavy atom. The Morgan fingerprint density at radius 3 is 2.74 bits per heavy atom. The van der Waals surface area contributed by atoms with E-state index in [1.54, 1.807) is 12.1 Å². The van der Waals surface area contributed by atoms with Crippen LogP contribution < -0.4 is 15.8 Å². The fourth-order valence-corrected chi connectivity index (χ4v) is 1.85. The molecule has 4 nitrogen and oxygen atoms in total. The molecule has 0 aliphatic heterocycles. The van der Waals surface area contributed by atoms with Crippen LogP contribution in [0.5, 0.6) is 5.75 Å². The predicted octanol–water partition coefficient (Wildman–Crippen LogP) is 2.33. The van der Waals surface area contributed by atoms with Crippen LogP contribution in [0.2, 0.25) is 0 Å². The molecule has 0 radical (unpaired) electrons. The third-order valence-electron chi connectivity index (χ3n) is 2.72. The van der Waals surface area contributed by atoms with E-state index in [0.717, 1.165) is 12.8 Å². The molecular formula is C15H24N2O2. The first kappa shape index (κ1) is 15.5. The highest BCUT2D eigenvalue weighted by molar-refractivity contribution is 5.94. The second kappa shape index (κ2) is 7.79. The molecule has 0 fully saturated rings. The number of rotatable bonds is 7. The summed E-state index contributed by atoms with van der Waals surface area (Å²) in [5.41, 5.74) is 6.25. The number of ether oxygens (including phenoxy) is 1. The van der Waals surface area contributed by atoms with E-state index in [0.29, 0.717) is 17.9 Å². The molecule has 1 aromatic carbocycles. The number of carbonyl (C=O) groups is 1. The SMILES string of the molecule is CCCC(CN)NC(=O)c1cccc(OC(C)C)c1. The quantitative estimate of drug-likeness (QED) is 0.794. The van der Waals surface area contributed by atoms with Gasteiger partial charge in [-0.3, -0.25) is 4.79 Å². The molecule has 1 amide bonds. The van der Waals surface area contributed by atoms with Gasteiger partial charge in [-0.15, -0.1) is 0 Å². The van der Waals surface area contributed by atoms with Gasteiger partial charge in [-0.2, -0.15) is 0 Å². The minimum atomic E-state index is -0.0990. The first-order chi connectivity index (χ1) is 9.06. The molecule has 0 aromatic heterocycles. The Labute approximate surface area is 115 Å². The summed E-state index contributed by atoms with van der Waals surface area (Å²) in [6.45, 7) is 6.45. The summed E-state index contributed by atoms with van der Waals surface area (Å²) < 4.78 is 5.58. The van der Waals surface area contributed by atoms with E-state index in [1.807, 2.05) is 26.0 Å². The molecule has 0 bridgehead atoms. The van der Waals surface area contributed by atoms with Crippen molar-refractivity contribution in [1.29, 1.82) is 0 Å². The summed E-state index contributed by atoms with van der Waals surface area (Å²) in [6, 6.07) is 7.25. The maximum Gasteiger partial charge on any atom is 0.251 e. The third-order valence-corrected chi connectivity index (χ3v) is 2.72. The van der Waals surface area contributed by atoms with Gasteiger partial charge >= 0.3 is 0 Å². The maximum absolute atomic E-state index is 12.1. The van der Waals surface area contributed by atoms with E-state index >= 15 is 0 Å². The van der Waals surface area contributed by atoms with Crippen LogP contribution in [0.1, 0.15) is 44.0 Å². The van der Waals surface area contributed by atoms with Gasteiger partial charge in [0.15, 0.2) is 0 Å². The Bertz CT molecular complexity index is 405. The van der Waals surface area contributed by atoms with E-state index in [2.05, 4.69) is 12.2 Å². The standard InChI is InChI=1S/C15H24N2O2/c1-4-6-13(10-16)17-15(18)12-7-5-8-14(9-12)19-11(2)3/h5,7-9,11,13H,4,6,10,16H2,1-3H3,(H,17,18). The molecule has 0 saturated heterocycles. The van der Waals surface area contributed by atoms with E-state index in [9.17, 15) is 4.79 Å². The van der Waals surface area contributed by atoms with Crippen molar-refractivity contribution in [3.05, 3.63) is 29.8 Å². The fourth-order valence-electron chi connectivity index (χ4n) is 1.85. The first-order valence-electron chi connectivity index (χ1n) is 6.84. The van der Waals surface area contributed by atoms with Crippen molar-refractivity contribution in [3.63, 3.8) is 0 Å². The van der Waals surface area contributed by atoms with Crippen molar-refractivity contribution in [3.8, 4) is 5.75 Å². The zero-order valence-corrected chi connectivity index (χ0v) is 12.0. The van der Waals surface area contributed by atoms with Gasteiger partial charge in [-0.05, 0) is 38.5 Å². The van der Waals surface area contributed by atoms with Crippen molar-refractivity contribution in [2.75, 3.05) is 6.54 Å². The smallest absolute Gasteiger partial charge is 0.251 e. The highest BCUT2D eigenvalue weighted by atomic mass is 16.5. The normalized spacial score (nSPS) is 12.3. The van der Waals surface area contributed by atoms with E-state index in [-0.39, 0.29) is 18.1 Å². The largest absolute Gasteiger partial charge is 0.491 e. The number of hydrogen-bond acceptors (Lipinski definition) is 3. The van der Waals surface area contributed by atoms with Gasteiger partial charge in [0.25, 0.3) is 5.91 Å². The van der Waals surface area contributed by atoms with E-state index < -0.39 is 0 Å². The number of hydrogen-bond donors (Lipinski definition) is 2. The number of nitrogens with two attached hydrogens (primary N) is 1. The summed E-state index contributed by atoms with van der Waals surface area (Å²) >= 11 is 0. The molecule has 0 heterocycles. The zero-order chi connectivity index (χ0) is 14.3. The molecule has 3 N–H and O–H groups in total. The number of carbonyl (C=O) groups excluding carboxylic acids is 1. The van der Waals surface area contributed by atoms with Crippen molar-refractivity contribution in [2.24, 2.45) is 5.73 Å². The summed E-state index contributed by atoms with van der Waals surface area (Å²) in [6.07, 6.45) is 1.98. The molecule has 0 saturated carbocycles. The first-order valence-corrected chi connectivity index (χ1v) is 6.84. The van der Waals surface area contributed by atoms with Gasteiger partial charge in [0.05, 0.1) is 6.10 Å². The van der Waals surface area contributed by atoms with Crippen LogP contribution in [0.3, 0.4) is 0 Å². The molecule has 106 valence electrons. The predicted molar refractivity (Wildman–Crippen MR) is 77.4 cm³/mol. The van der Waals surface area contributed by atoms with Gasteiger partial charge in [0.1, 0.15) is 5.75 Å². The van der Waals surface area contributed by atoms with Gasteiger partial charge in [0, 0.05) is 18.2 Å². The number of amides is 1. The van der Waals surface area contributed by atoms with Gasteiger partial charge < -0.3 is 15.8 Å². The highest BCUT2D eigenvalue weighted by Gasteiger charge is 2.12. The summed E-state index contributed by atoms with van der Waals surface area (Å²) in [4.78, 5) is 12.1. The van der Waals surface area contributed by atoms with Crippen molar-refractivity contribution >= 4 is 5.91 Å². The number of benzene rings is 1. The maximum atomic E-state index is 12.1. The topological polar surface area (TPSA) is 64.3 Å². The fraction of sp³-hybridized carbons (Fsp3) is 0.533. The summed E-state index contributed by atoms with van der Waals surface area (Å²) in [5, 5.41) is 2.94. The third kappa shape index (κ3) is 5.30. The second-order valence-electron chi connectivity index (χ2n) is 4.89. The monoisotopic (exact) mass is 264 g/mol. The molecule has 1 atom stereocenters. The van der Waals surface area contributed by atoms with Gasteiger partial charge in [-0.25, -0.2) is 0 Å². The lowest BCUT2D eigenvalue weighted by Gasteiger charge is -2.16. The molecule has 1 unspecified atom stereocenters. The summed E-state index contributed by atoms with van der Waals surface area (Å²) in [5.74, 6) is 0.612. The van der Waals surface area contributed by atoms with Gasteiger partial charge in [0.2, 0.25) is 0 Å². The van der Waals surface area contributed by atoms with Crippen molar-refractivity contribution in [2.45, 2.75) is 45.8 Å². The van der Waals surface area contributed by atoms with E-state index in [1.165, 1.54) is 0 Å². The lowest BCUT2D eigenvalue weighted by atomic mass is 10.1. The van der Waals surface area contributed by atoms with Crippen LogP contribution in [0.4, 0.5) is 0 Å². The molecule has 0 aliphatic carbocycles. The van der Waals surface area contributed by atoms with Crippen LogP contribution in [0, 0.1) is 0 Å². The molecule has 1 rings (SSSR count). The molecule has 19 heavy (non-hydrogen) atoms. The van der Waals surface area contributed by atoms with Crippen LogP contribution >= 0.6 is 0 Å². The molecule has 4 heteroatoms. The van der Waals surface area contributed by atoms with E-state index in [4.69, 9.17) is 10.5 Å². The molecular weight excluding hydrogens is 240 g/mol. The Hall–Kier alpha value is -1.55. The Kier molecular flexibility index (Phi) is 6.36. The number of nitrogens with one attached hydrogen (secondary N) is 1. The Balaban J connectivity index is 2.70. The minimum Gasteiger partial charge on any atom is -0.491 e. The average Bonchev–Trinajstić information content (AvgIpc) is 2.37. The lowest BCUT2D eigenvalue weighted by Crippen LogP contribution is -2.40. The summed E-state index contributed by atoms with van der Waals surface area (Å²) in [7, 11) is 0.